The minimum Gasteiger partial charge on any atom is -0.453 e. The number of ether oxygens (including phenoxy) is 1. The van der Waals surface area contributed by atoms with E-state index in [1.54, 1.807) is 0 Å². The molecule has 0 aliphatic rings. The van der Waals surface area contributed by atoms with Crippen molar-refractivity contribution in [2.24, 2.45) is 0 Å². The predicted molar refractivity (Wildman–Crippen MR) is 58.2 cm³/mol. The van der Waals surface area contributed by atoms with Crippen molar-refractivity contribution in [3.8, 4) is 11.5 Å². The maximum Gasteiger partial charge on any atom is 0.201 e. The van der Waals surface area contributed by atoms with Crippen LogP contribution in [0.2, 0.25) is 0 Å². The zero-order valence-electron chi connectivity index (χ0n) is 8.99. The fourth-order valence-electron chi connectivity index (χ4n) is 1.40. The lowest BCUT2D eigenvalue weighted by molar-refractivity contribution is 0.111. The summed E-state index contributed by atoms with van der Waals surface area (Å²) >= 11 is 0. The molecule has 2 aromatic rings. The zero-order valence-corrected chi connectivity index (χ0v) is 8.99. The van der Waals surface area contributed by atoms with E-state index >= 15 is 0 Å². The van der Waals surface area contributed by atoms with E-state index in [0.717, 1.165) is 12.1 Å². The number of carbonyl (C=O) groups is 1. The van der Waals surface area contributed by atoms with Crippen molar-refractivity contribution in [3.63, 3.8) is 0 Å². The molecule has 92 valence electrons. The van der Waals surface area contributed by atoms with Crippen molar-refractivity contribution >= 4 is 6.29 Å². The van der Waals surface area contributed by atoms with Crippen LogP contribution >= 0.6 is 0 Å². The molecule has 2 nitrogen and oxygen atoms in total. The molecule has 0 aliphatic heterocycles. The zero-order chi connectivity index (χ0) is 13.1. The second kappa shape index (κ2) is 4.91. The first-order valence-corrected chi connectivity index (χ1v) is 4.99. The van der Waals surface area contributed by atoms with E-state index in [2.05, 4.69) is 0 Å². The lowest BCUT2D eigenvalue weighted by Gasteiger charge is -2.09. The molecule has 0 saturated heterocycles. The molecule has 0 atom stereocenters. The molecule has 0 heterocycles. The monoisotopic (exact) mass is 252 g/mol. The number of benzene rings is 2. The molecular weight excluding hydrogens is 245 g/mol. The van der Waals surface area contributed by atoms with E-state index in [-0.39, 0.29) is 17.6 Å². The molecule has 18 heavy (non-hydrogen) atoms. The smallest absolute Gasteiger partial charge is 0.201 e. The highest BCUT2D eigenvalue weighted by atomic mass is 19.2. The van der Waals surface area contributed by atoms with E-state index in [4.69, 9.17) is 4.74 Å². The number of rotatable bonds is 3. The molecular formula is C13H7F3O2. The Morgan fingerprint density at radius 3 is 2.17 bits per heavy atom. The highest BCUT2D eigenvalue weighted by Gasteiger charge is 2.13. The van der Waals surface area contributed by atoms with E-state index in [9.17, 15) is 18.0 Å². The molecule has 0 aliphatic carbocycles. The Morgan fingerprint density at radius 2 is 1.50 bits per heavy atom. The second-order valence-electron chi connectivity index (χ2n) is 3.42. The molecule has 0 N–H and O–H groups in total. The average Bonchev–Trinajstić information content (AvgIpc) is 2.35. The lowest BCUT2D eigenvalue weighted by Crippen LogP contribution is -1.96. The Kier molecular flexibility index (Phi) is 3.32. The van der Waals surface area contributed by atoms with E-state index in [0.29, 0.717) is 0 Å². The van der Waals surface area contributed by atoms with Gasteiger partial charge in [0, 0.05) is 0 Å². The van der Waals surface area contributed by atoms with Gasteiger partial charge >= 0.3 is 0 Å². The van der Waals surface area contributed by atoms with Crippen LogP contribution in [-0.2, 0) is 0 Å². The van der Waals surface area contributed by atoms with Crippen LogP contribution in [0.25, 0.3) is 0 Å². The maximum absolute atomic E-state index is 13.3. The van der Waals surface area contributed by atoms with Gasteiger partial charge in [-0.05, 0) is 24.3 Å². The Bertz CT molecular complexity index is 597. The van der Waals surface area contributed by atoms with Gasteiger partial charge in [0.15, 0.2) is 17.9 Å². The van der Waals surface area contributed by atoms with Gasteiger partial charge in [0.2, 0.25) is 5.82 Å². The highest BCUT2D eigenvalue weighted by Crippen LogP contribution is 2.28. The summed E-state index contributed by atoms with van der Waals surface area (Å²) in [5, 5.41) is 0. The highest BCUT2D eigenvalue weighted by molar-refractivity contribution is 5.79. The number of carbonyl (C=O) groups excluding carboxylic acids is 1. The standard InChI is InChI=1S/C13H7F3O2/c14-9-3-1-5-11(8(9)7-17)18-12-6-2-4-10(15)13(12)16/h1-7H. The third-order valence-electron chi connectivity index (χ3n) is 2.27. The van der Waals surface area contributed by atoms with Gasteiger partial charge in [-0.15, -0.1) is 0 Å². The first-order chi connectivity index (χ1) is 8.63. The Labute approximate surface area is 101 Å². The molecule has 5 heteroatoms. The normalized spacial score (nSPS) is 10.2. The largest absolute Gasteiger partial charge is 0.453 e. The van der Waals surface area contributed by atoms with Gasteiger partial charge in [-0.2, -0.15) is 4.39 Å². The number of hydrogen-bond acceptors (Lipinski definition) is 2. The number of hydrogen-bond donors (Lipinski definition) is 0. The van der Waals surface area contributed by atoms with Crippen molar-refractivity contribution in [2.75, 3.05) is 0 Å². The number of aldehydes is 1. The Balaban J connectivity index is 2.43. The minimum atomic E-state index is -1.20. The van der Waals surface area contributed by atoms with Crippen molar-refractivity contribution in [3.05, 3.63) is 59.4 Å². The van der Waals surface area contributed by atoms with Gasteiger partial charge in [-0.25, -0.2) is 8.78 Å². The van der Waals surface area contributed by atoms with Crippen LogP contribution in [0.3, 0.4) is 0 Å². The fourth-order valence-corrected chi connectivity index (χ4v) is 1.40. The summed E-state index contributed by atoms with van der Waals surface area (Å²) in [6, 6.07) is 7.00. The van der Waals surface area contributed by atoms with Gasteiger partial charge in [0.05, 0.1) is 5.56 Å². The molecule has 0 radical (unpaired) electrons. The quantitative estimate of drug-likeness (QED) is 0.778. The summed E-state index contributed by atoms with van der Waals surface area (Å²) in [4.78, 5) is 10.7. The molecule has 0 saturated carbocycles. The van der Waals surface area contributed by atoms with Gasteiger partial charge in [0.25, 0.3) is 0 Å². The fraction of sp³-hybridized carbons (Fsp3) is 0. The molecule has 0 fully saturated rings. The van der Waals surface area contributed by atoms with Crippen LogP contribution in [0.1, 0.15) is 10.4 Å². The molecule has 0 spiro atoms. The van der Waals surface area contributed by atoms with Gasteiger partial charge in [-0.3, -0.25) is 4.79 Å². The average molecular weight is 252 g/mol. The number of halogens is 3. The van der Waals surface area contributed by atoms with Crippen LogP contribution in [0, 0.1) is 17.5 Å². The predicted octanol–water partition coefficient (Wildman–Crippen LogP) is 3.71. The van der Waals surface area contributed by atoms with Gasteiger partial charge in [-0.1, -0.05) is 12.1 Å². The molecule has 0 amide bonds. The maximum atomic E-state index is 13.3. The van der Waals surface area contributed by atoms with E-state index in [1.807, 2.05) is 0 Å². The summed E-state index contributed by atoms with van der Waals surface area (Å²) in [6.07, 6.45) is 0.252. The SMILES string of the molecule is O=Cc1c(F)cccc1Oc1cccc(F)c1F. The summed E-state index contributed by atoms with van der Waals surface area (Å²) < 4.78 is 44.5. The first kappa shape index (κ1) is 12.2. The summed E-state index contributed by atoms with van der Waals surface area (Å²) in [7, 11) is 0. The first-order valence-electron chi connectivity index (χ1n) is 4.99. The third-order valence-corrected chi connectivity index (χ3v) is 2.27. The van der Waals surface area contributed by atoms with E-state index in [1.165, 1.54) is 24.3 Å². The van der Waals surface area contributed by atoms with Crippen LogP contribution in [0.15, 0.2) is 36.4 Å². The third kappa shape index (κ3) is 2.20. The van der Waals surface area contributed by atoms with Gasteiger partial charge < -0.3 is 4.74 Å². The Morgan fingerprint density at radius 1 is 0.889 bits per heavy atom. The minimum absolute atomic E-state index is 0.172. The summed E-state index contributed by atoms with van der Waals surface area (Å²) in [5.41, 5.74) is -0.346. The van der Waals surface area contributed by atoms with Crippen LogP contribution < -0.4 is 4.74 Å². The van der Waals surface area contributed by atoms with Crippen molar-refractivity contribution < 1.29 is 22.7 Å². The molecule has 0 unspecified atom stereocenters. The van der Waals surface area contributed by atoms with Crippen LogP contribution in [0.4, 0.5) is 13.2 Å². The van der Waals surface area contributed by atoms with Crippen LogP contribution in [0.5, 0.6) is 11.5 Å². The Hall–Kier alpha value is -2.30. The summed E-state index contributed by atoms with van der Waals surface area (Å²) in [5.74, 6) is -3.66. The van der Waals surface area contributed by atoms with Crippen molar-refractivity contribution in [1.82, 2.24) is 0 Å². The van der Waals surface area contributed by atoms with Crippen molar-refractivity contribution in [2.45, 2.75) is 0 Å². The van der Waals surface area contributed by atoms with E-state index < -0.39 is 23.2 Å². The molecule has 0 aromatic heterocycles. The lowest BCUT2D eigenvalue weighted by atomic mass is 10.2. The topological polar surface area (TPSA) is 26.3 Å². The second-order valence-corrected chi connectivity index (χ2v) is 3.42. The van der Waals surface area contributed by atoms with Crippen molar-refractivity contribution in [1.29, 1.82) is 0 Å². The molecule has 2 aromatic carbocycles. The van der Waals surface area contributed by atoms with Gasteiger partial charge in [0.1, 0.15) is 11.6 Å². The summed E-state index contributed by atoms with van der Waals surface area (Å²) in [6.45, 7) is 0. The molecule has 0 bridgehead atoms. The van der Waals surface area contributed by atoms with Crippen LogP contribution in [-0.4, -0.2) is 6.29 Å². The molecule has 2 rings (SSSR count).